The number of likely N-dealkylation sites (tertiary alicyclic amines) is 1. The fraction of sp³-hybridized carbons (Fsp3) is 0.800. The molecule has 3 fully saturated rings. The normalized spacial score (nSPS) is 32.2. The molecule has 3 atom stereocenters. The van der Waals surface area contributed by atoms with Crippen molar-refractivity contribution in [1.29, 1.82) is 0 Å². The van der Waals surface area contributed by atoms with Crippen molar-refractivity contribution >= 4 is 5.91 Å². The molecule has 1 aromatic rings. The third-order valence-electron chi connectivity index (χ3n) is 4.86. The maximum atomic E-state index is 12.2. The van der Waals surface area contributed by atoms with Crippen LogP contribution in [-0.4, -0.2) is 40.1 Å². The van der Waals surface area contributed by atoms with E-state index < -0.39 is 0 Å². The zero-order valence-electron chi connectivity index (χ0n) is 12.3. The molecule has 21 heavy (non-hydrogen) atoms. The highest BCUT2D eigenvalue weighted by atomic mass is 16.5. The highest BCUT2D eigenvalue weighted by molar-refractivity contribution is 5.76. The van der Waals surface area contributed by atoms with Gasteiger partial charge in [-0.1, -0.05) is 5.16 Å². The van der Waals surface area contributed by atoms with Crippen LogP contribution in [0.5, 0.6) is 0 Å². The van der Waals surface area contributed by atoms with Crippen LogP contribution >= 0.6 is 0 Å². The Morgan fingerprint density at radius 1 is 1.38 bits per heavy atom. The summed E-state index contributed by atoms with van der Waals surface area (Å²) in [6.07, 6.45) is 5.17. The number of amides is 1. The predicted octanol–water partition coefficient (Wildman–Crippen LogP) is 1.86. The zero-order valence-corrected chi connectivity index (χ0v) is 12.3. The van der Waals surface area contributed by atoms with Gasteiger partial charge in [0.1, 0.15) is 6.10 Å². The van der Waals surface area contributed by atoms with Gasteiger partial charge in [-0.3, -0.25) is 4.79 Å². The lowest BCUT2D eigenvalue weighted by atomic mass is 9.92. The van der Waals surface area contributed by atoms with Crippen LogP contribution in [0.15, 0.2) is 4.52 Å². The van der Waals surface area contributed by atoms with Crippen molar-refractivity contribution in [3.8, 4) is 0 Å². The summed E-state index contributed by atoms with van der Waals surface area (Å²) in [5, 5.41) is 3.97. The Hall–Kier alpha value is -1.43. The Morgan fingerprint density at radius 3 is 2.95 bits per heavy atom. The molecule has 0 spiro atoms. The number of piperidine rings is 1. The van der Waals surface area contributed by atoms with Crippen molar-refractivity contribution in [2.45, 2.75) is 51.2 Å². The maximum Gasteiger partial charge on any atom is 0.223 e. The number of aryl methyl sites for hydroxylation is 1. The van der Waals surface area contributed by atoms with E-state index in [1.165, 1.54) is 12.8 Å². The first kappa shape index (κ1) is 13.2. The zero-order chi connectivity index (χ0) is 14.4. The molecule has 6 heteroatoms. The fourth-order valence-electron chi connectivity index (χ4n) is 3.49. The highest BCUT2D eigenvalue weighted by Crippen LogP contribution is 2.40. The molecule has 1 aromatic heterocycles. The molecule has 1 aliphatic carbocycles. The number of nitrogens with zero attached hydrogens (tertiary/aromatic N) is 3. The van der Waals surface area contributed by atoms with Gasteiger partial charge >= 0.3 is 0 Å². The lowest BCUT2D eigenvalue weighted by molar-refractivity contribution is -0.134. The summed E-state index contributed by atoms with van der Waals surface area (Å²) in [6.45, 7) is 3.44. The smallest absolute Gasteiger partial charge is 0.223 e. The van der Waals surface area contributed by atoms with Gasteiger partial charge in [0.05, 0.1) is 6.10 Å². The number of hydrogen-bond donors (Lipinski definition) is 0. The largest absolute Gasteiger partial charge is 0.366 e. The number of rotatable bonds is 3. The van der Waals surface area contributed by atoms with Gasteiger partial charge in [-0.2, -0.15) is 4.98 Å². The first-order valence-corrected chi connectivity index (χ1v) is 7.92. The van der Waals surface area contributed by atoms with Gasteiger partial charge < -0.3 is 14.2 Å². The van der Waals surface area contributed by atoms with Crippen molar-refractivity contribution in [3.05, 3.63) is 11.7 Å². The van der Waals surface area contributed by atoms with E-state index in [4.69, 9.17) is 9.26 Å². The Bertz CT molecular complexity index is 540. The maximum absolute atomic E-state index is 12.2. The van der Waals surface area contributed by atoms with Crippen LogP contribution < -0.4 is 0 Å². The van der Waals surface area contributed by atoms with E-state index >= 15 is 0 Å². The second kappa shape index (κ2) is 5.09. The number of ether oxygens (including phenoxy) is 1. The average molecular weight is 291 g/mol. The first-order chi connectivity index (χ1) is 10.2. The van der Waals surface area contributed by atoms with Gasteiger partial charge in [-0.15, -0.1) is 0 Å². The number of carbonyl (C=O) groups excluding carboxylic acids is 1. The highest BCUT2D eigenvalue weighted by Gasteiger charge is 2.42. The Morgan fingerprint density at radius 2 is 2.24 bits per heavy atom. The minimum atomic E-state index is -0.0732. The summed E-state index contributed by atoms with van der Waals surface area (Å²) in [7, 11) is 0. The number of fused-ring (bicyclic) bond motifs is 1. The van der Waals surface area contributed by atoms with E-state index in [0.717, 1.165) is 32.4 Å². The molecule has 2 aliphatic heterocycles. The molecule has 1 amide bonds. The summed E-state index contributed by atoms with van der Waals surface area (Å²) in [4.78, 5) is 18.5. The molecule has 0 aromatic carbocycles. The van der Waals surface area contributed by atoms with Gasteiger partial charge in [0, 0.05) is 32.4 Å². The van der Waals surface area contributed by atoms with E-state index in [2.05, 4.69) is 10.1 Å². The lowest BCUT2D eigenvalue weighted by Gasteiger charge is -2.34. The van der Waals surface area contributed by atoms with Gasteiger partial charge in [0.15, 0.2) is 0 Å². The summed E-state index contributed by atoms with van der Waals surface area (Å²) < 4.78 is 11.1. The molecule has 3 aliphatic rings. The minimum absolute atomic E-state index is 0.0732. The fourth-order valence-corrected chi connectivity index (χ4v) is 3.49. The molecular weight excluding hydrogens is 270 g/mol. The van der Waals surface area contributed by atoms with Crippen LogP contribution in [0.25, 0.3) is 0 Å². The Kier molecular flexibility index (Phi) is 3.21. The van der Waals surface area contributed by atoms with E-state index in [0.29, 0.717) is 29.5 Å². The SMILES string of the molecule is Cc1nc([C@@H]2C[C@@H]3CN(C(=O)CC4CC4)CC[C@H]3O2)no1. The number of carbonyl (C=O) groups is 1. The van der Waals surface area contributed by atoms with Gasteiger partial charge in [0.25, 0.3) is 0 Å². The molecule has 0 bridgehead atoms. The number of aromatic nitrogens is 2. The monoisotopic (exact) mass is 291 g/mol. The molecule has 2 saturated heterocycles. The molecule has 1 saturated carbocycles. The molecule has 0 radical (unpaired) electrons. The van der Waals surface area contributed by atoms with E-state index in [1.807, 2.05) is 4.90 Å². The Labute approximate surface area is 123 Å². The third-order valence-corrected chi connectivity index (χ3v) is 4.86. The van der Waals surface area contributed by atoms with E-state index in [1.54, 1.807) is 6.92 Å². The molecule has 6 nitrogen and oxygen atoms in total. The lowest BCUT2D eigenvalue weighted by Crippen LogP contribution is -2.44. The van der Waals surface area contributed by atoms with Crippen molar-refractivity contribution in [2.75, 3.05) is 13.1 Å². The van der Waals surface area contributed by atoms with E-state index in [-0.39, 0.29) is 12.2 Å². The van der Waals surface area contributed by atoms with Crippen molar-refractivity contribution in [3.63, 3.8) is 0 Å². The first-order valence-electron chi connectivity index (χ1n) is 7.92. The molecule has 3 heterocycles. The van der Waals surface area contributed by atoms with Crippen LogP contribution in [0, 0.1) is 18.8 Å². The molecular formula is C15H21N3O3. The van der Waals surface area contributed by atoms with Crippen LogP contribution in [-0.2, 0) is 9.53 Å². The molecule has 4 rings (SSSR count). The second-order valence-electron chi connectivity index (χ2n) is 6.61. The molecule has 0 N–H and O–H groups in total. The van der Waals surface area contributed by atoms with Gasteiger partial charge in [0.2, 0.25) is 17.6 Å². The van der Waals surface area contributed by atoms with Gasteiger partial charge in [-0.25, -0.2) is 0 Å². The summed E-state index contributed by atoms with van der Waals surface area (Å²) >= 11 is 0. The van der Waals surface area contributed by atoms with Crippen LogP contribution in [0.3, 0.4) is 0 Å². The van der Waals surface area contributed by atoms with Crippen molar-refractivity contribution in [1.82, 2.24) is 15.0 Å². The minimum Gasteiger partial charge on any atom is -0.366 e. The van der Waals surface area contributed by atoms with Crippen LogP contribution in [0.4, 0.5) is 0 Å². The second-order valence-corrected chi connectivity index (χ2v) is 6.61. The average Bonchev–Trinajstić information content (AvgIpc) is 3.01. The third kappa shape index (κ3) is 2.69. The number of hydrogen-bond acceptors (Lipinski definition) is 5. The quantitative estimate of drug-likeness (QED) is 0.850. The topological polar surface area (TPSA) is 68.5 Å². The molecule has 0 unspecified atom stereocenters. The van der Waals surface area contributed by atoms with Crippen LogP contribution in [0.1, 0.15) is 49.9 Å². The summed E-state index contributed by atoms with van der Waals surface area (Å²) in [5.74, 6) is 2.62. The summed E-state index contributed by atoms with van der Waals surface area (Å²) in [5.41, 5.74) is 0. The van der Waals surface area contributed by atoms with Crippen molar-refractivity contribution in [2.24, 2.45) is 11.8 Å². The summed E-state index contributed by atoms with van der Waals surface area (Å²) in [6, 6.07) is 0. The predicted molar refractivity (Wildman–Crippen MR) is 73.3 cm³/mol. The standard InChI is InChI=1S/C15H21N3O3/c1-9-16-15(17-21-9)13-7-11-8-18(5-4-12(11)20-13)14(19)6-10-2-3-10/h10-13H,2-8H2,1H3/t11-,12-,13+/m1/s1. The Balaban J connectivity index is 1.38. The van der Waals surface area contributed by atoms with Crippen molar-refractivity contribution < 1.29 is 14.1 Å². The molecule has 114 valence electrons. The van der Waals surface area contributed by atoms with Gasteiger partial charge in [-0.05, 0) is 31.6 Å². The van der Waals surface area contributed by atoms with E-state index in [9.17, 15) is 4.79 Å². The van der Waals surface area contributed by atoms with Crippen LogP contribution in [0.2, 0.25) is 0 Å².